The molecule has 0 spiro atoms. The maximum atomic E-state index is 7.41. The highest BCUT2D eigenvalue weighted by Gasteiger charge is 2.02. The Bertz CT molecular complexity index is 275. The molecule has 18 heavy (non-hydrogen) atoms. The highest BCUT2D eigenvalue weighted by Crippen LogP contribution is 2.15. The molecule has 1 N–H and O–H groups in total. The topological polar surface area (TPSA) is 27.1 Å². The monoisotopic (exact) mass is 250 g/mol. The Morgan fingerprint density at radius 3 is 2.44 bits per heavy atom. The van der Waals surface area contributed by atoms with Crippen LogP contribution in [0.2, 0.25) is 0 Å². The second kappa shape index (κ2) is 13.8. The van der Waals surface area contributed by atoms with Gasteiger partial charge in [-0.05, 0) is 33.1 Å². The van der Waals surface area contributed by atoms with Gasteiger partial charge < -0.3 is 4.90 Å². The van der Waals surface area contributed by atoms with Crippen molar-refractivity contribution in [1.29, 1.82) is 5.41 Å². The summed E-state index contributed by atoms with van der Waals surface area (Å²) in [4.78, 5) is 1.99. The Morgan fingerprint density at radius 1 is 1.50 bits per heavy atom. The van der Waals surface area contributed by atoms with Gasteiger partial charge in [0.25, 0.3) is 0 Å². The number of nitrogens with zero attached hydrogens (tertiary/aromatic N) is 1. The largest absolute Gasteiger partial charge is 0.364 e. The molecule has 1 aliphatic carbocycles. The van der Waals surface area contributed by atoms with Gasteiger partial charge in [0.05, 0.1) is 5.84 Å². The van der Waals surface area contributed by atoms with Gasteiger partial charge in [0.2, 0.25) is 0 Å². The van der Waals surface area contributed by atoms with E-state index in [9.17, 15) is 0 Å². The minimum atomic E-state index is 0.645. The Morgan fingerprint density at radius 2 is 2.06 bits per heavy atom. The third-order valence-electron chi connectivity index (χ3n) is 2.44. The summed E-state index contributed by atoms with van der Waals surface area (Å²) >= 11 is 0. The summed E-state index contributed by atoms with van der Waals surface area (Å²) in [5, 5.41) is 7.41. The molecule has 0 atom stereocenters. The molecule has 0 saturated heterocycles. The number of nitrogens with one attached hydrogen (secondary N) is 1. The third kappa shape index (κ3) is 11.2. The first-order valence-electron chi connectivity index (χ1n) is 6.79. The molecule has 0 radical (unpaired) electrons. The van der Waals surface area contributed by atoms with Crippen LogP contribution in [0.1, 0.15) is 47.0 Å². The Balaban J connectivity index is 0. The summed E-state index contributed by atoms with van der Waals surface area (Å²) in [6.45, 7) is 12.0. The fourth-order valence-electron chi connectivity index (χ4n) is 1.34. The van der Waals surface area contributed by atoms with Crippen molar-refractivity contribution in [3.63, 3.8) is 0 Å². The molecule has 0 aliphatic heterocycles. The van der Waals surface area contributed by atoms with Crippen LogP contribution in [0.3, 0.4) is 0 Å². The number of hydrogen-bond donors (Lipinski definition) is 1. The first-order valence-corrected chi connectivity index (χ1v) is 6.79. The minimum Gasteiger partial charge on any atom is -0.364 e. The molecule has 0 aromatic rings. The van der Waals surface area contributed by atoms with E-state index in [2.05, 4.69) is 24.8 Å². The van der Waals surface area contributed by atoms with Crippen molar-refractivity contribution in [2.24, 2.45) is 0 Å². The summed E-state index contributed by atoms with van der Waals surface area (Å²) in [5.41, 5.74) is 1.51. The van der Waals surface area contributed by atoms with Crippen LogP contribution in [0, 0.1) is 5.41 Å². The van der Waals surface area contributed by atoms with Gasteiger partial charge in [0.1, 0.15) is 0 Å². The van der Waals surface area contributed by atoms with E-state index >= 15 is 0 Å². The second-order valence-corrected chi connectivity index (χ2v) is 3.96. The second-order valence-electron chi connectivity index (χ2n) is 3.96. The fourth-order valence-corrected chi connectivity index (χ4v) is 1.34. The minimum absolute atomic E-state index is 0.645. The Hall–Kier alpha value is -1.31. The van der Waals surface area contributed by atoms with Gasteiger partial charge in [-0.1, -0.05) is 43.7 Å². The maximum Gasteiger partial charge on any atom is 0.0923 e. The molecular weight excluding hydrogens is 220 g/mol. The van der Waals surface area contributed by atoms with Crippen molar-refractivity contribution >= 4 is 5.84 Å². The quantitative estimate of drug-likeness (QED) is 0.435. The average molecular weight is 250 g/mol. The van der Waals surface area contributed by atoms with Crippen molar-refractivity contribution in [2.75, 3.05) is 13.6 Å². The van der Waals surface area contributed by atoms with Crippen molar-refractivity contribution in [1.82, 2.24) is 4.90 Å². The van der Waals surface area contributed by atoms with Gasteiger partial charge in [-0.3, -0.25) is 5.41 Å². The maximum absolute atomic E-state index is 7.41. The number of rotatable bonds is 3. The average Bonchev–Trinajstić information content (AvgIpc) is 2.40. The fraction of sp³-hybridized carbons (Fsp3) is 0.562. The molecule has 0 fully saturated rings. The molecule has 0 heterocycles. The molecular formula is C16H30N2. The molecule has 0 aromatic carbocycles. The van der Waals surface area contributed by atoms with E-state index in [1.807, 2.05) is 39.6 Å². The molecule has 0 unspecified atom stereocenters. The lowest BCUT2D eigenvalue weighted by atomic mass is 10.0. The van der Waals surface area contributed by atoms with Crippen molar-refractivity contribution < 1.29 is 0 Å². The SMILES string of the molecule is C=CC.CC.CC(=N)N(C)CCC1=CC=CCC1. The number of amidine groups is 1. The van der Waals surface area contributed by atoms with E-state index in [-0.39, 0.29) is 0 Å². The van der Waals surface area contributed by atoms with Crippen LogP contribution in [-0.2, 0) is 0 Å². The van der Waals surface area contributed by atoms with E-state index in [0.717, 1.165) is 13.0 Å². The molecule has 104 valence electrons. The van der Waals surface area contributed by atoms with Crippen molar-refractivity contribution in [3.05, 3.63) is 36.5 Å². The number of hydrogen-bond acceptors (Lipinski definition) is 1. The van der Waals surface area contributed by atoms with Crippen LogP contribution in [0.4, 0.5) is 0 Å². The standard InChI is InChI=1S/C11H18N2.C3H6.C2H6/c1-10(12)13(2)9-8-11-6-4-3-5-7-11;1-3-2;1-2/h3-4,6,12H,5,7-9H2,1-2H3;3H,1H2,2H3;1-2H3. The van der Waals surface area contributed by atoms with Crippen LogP contribution in [0.25, 0.3) is 0 Å². The smallest absolute Gasteiger partial charge is 0.0923 e. The predicted octanol–water partition coefficient (Wildman–Crippen LogP) is 4.80. The van der Waals surface area contributed by atoms with Crippen LogP contribution in [-0.4, -0.2) is 24.3 Å². The van der Waals surface area contributed by atoms with Crippen LogP contribution in [0.5, 0.6) is 0 Å². The highest BCUT2D eigenvalue weighted by molar-refractivity contribution is 5.75. The molecule has 0 saturated carbocycles. The van der Waals surface area contributed by atoms with E-state index in [1.54, 1.807) is 6.08 Å². The van der Waals surface area contributed by atoms with Gasteiger partial charge in [-0.2, -0.15) is 0 Å². The normalized spacial score (nSPS) is 12.2. The summed E-state index contributed by atoms with van der Waals surface area (Å²) in [7, 11) is 1.97. The van der Waals surface area contributed by atoms with Crippen LogP contribution in [0.15, 0.2) is 36.5 Å². The summed E-state index contributed by atoms with van der Waals surface area (Å²) in [6.07, 6.45) is 11.8. The summed E-state index contributed by atoms with van der Waals surface area (Å²) in [6, 6.07) is 0. The Labute approximate surface area is 114 Å². The van der Waals surface area contributed by atoms with Crippen molar-refractivity contribution in [3.8, 4) is 0 Å². The van der Waals surface area contributed by atoms with Crippen molar-refractivity contribution in [2.45, 2.75) is 47.0 Å². The van der Waals surface area contributed by atoms with Crippen LogP contribution >= 0.6 is 0 Å². The molecule has 0 bridgehead atoms. The molecule has 2 nitrogen and oxygen atoms in total. The van der Waals surface area contributed by atoms with Gasteiger partial charge in [0, 0.05) is 13.6 Å². The summed E-state index contributed by atoms with van der Waals surface area (Å²) < 4.78 is 0. The predicted molar refractivity (Wildman–Crippen MR) is 84.3 cm³/mol. The molecule has 0 aromatic heterocycles. The zero-order valence-electron chi connectivity index (χ0n) is 12.8. The third-order valence-corrected chi connectivity index (χ3v) is 2.44. The van der Waals surface area contributed by atoms with Gasteiger partial charge in [-0.15, -0.1) is 6.58 Å². The summed E-state index contributed by atoms with van der Waals surface area (Å²) in [5.74, 6) is 0.645. The first kappa shape index (κ1) is 19.0. The lowest BCUT2D eigenvalue weighted by Crippen LogP contribution is -2.24. The van der Waals surface area contributed by atoms with E-state index in [1.165, 1.54) is 18.4 Å². The zero-order valence-corrected chi connectivity index (χ0v) is 12.8. The Kier molecular flexibility index (Phi) is 14.5. The lowest BCUT2D eigenvalue weighted by molar-refractivity contribution is 0.497. The van der Waals surface area contributed by atoms with E-state index in [0.29, 0.717) is 5.84 Å². The van der Waals surface area contributed by atoms with Crippen LogP contribution < -0.4 is 0 Å². The molecule has 2 heteroatoms. The van der Waals surface area contributed by atoms with Gasteiger partial charge in [-0.25, -0.2) is 0 Å². The molecule has 1 aliphatic rings. The van der Waals surface area contributed by atoms with E-state index < -0.39 is 0 Å². The molecule has 1 rings (SSSR count). The first-order chi connectivity index (χ1) is 8.61. The number of allylic oxidation sites excluding steroid dienone is 4. The van der Waals surface area contributed by atoms with Gasteiger partial charge in [0.15, 0.2) is 0 Å². The van der Waals surface area contributed by atoms with Gasteiger partial charge >= 0.3 is 0 Å². The lowest BCUT2D eigenvalue weighted by Gasteiger charge is -2.18. The van der Waals surface area contributed by atoms with E-state index in [4.69, 9.17) is 5.41 Å². The molecule has 0 amide bonds. The zero-order chi connectivity index (χ0) is 14.4. The highest BCUT2D eigenvalue weighted by atomic mass is 15.1.